The summed E-state index contributed by atoms with van der Waals surface area (Å²) in [6, 6.07) is 6.98. The maximum atomic E-state index is 14.4. The van der Waals surface area contributed by atoms with E-state index in [1.165, 1.54) is 7.11 Å². The molecule has 1 aromatic heterocycles. The van der Waals surface area contributed by atoms with Gasteiger partial charge in [-0.25, -0.2) is 9.78 Å². The van der Waals surface area contributed by atoms with Gasteiger partial charge in [0, 0.05) is 18.7 Å². The molecule has 2 aliphatic heterocycles. The predicted octanol–water partition coefficient (Wildman–Crippen LogP) is 6.15. The van der Waals surface area contributed by atoms with Crippen molar-refractivity contribution in [1.29, 1.82) is 0 Å². The van der Waals surface area contributed by atoms with Gasteiger partial charge in [0.15, 0.2) is 0 Å². The van der Waals surface area contributed by atoms with Crippen LogP contribution in [0.3, 0.4) is 0 Å². The van der Waals surface area contributed by atoms with Gasteiger partial charge in [-0.05, 0) is 55.2 Å². The molecule has 250 valence electrons. The summed E-state index contributed by atoms with van der Waals surface area (Å²) >= 11 is 0. The maximum Gasteiger partial charge on any atom is 0.417 e. The van der Waals surface area contributed by atoms with Gasteiger partial charge >= 0.3 is 12.1 Å². The zero-order chi connectivity index (χ0) is 33.6. The van der Waals surface area contributed by atoms with Gasteiger partial charge in [-0.2, -0.15) is 13.2 Å². The van der Waals surface area contributed by atoms with Crippen molar-refractivity contribution in [2.75, 3.05) is 26.9 Å². The summed E-state index contributed by atoms with van der Waals surface area (Å²) in [5, 5.41) is 0. The van der Waals surface area contributed by atoms with E-state index in [0.717, 1.165) is 30.0 Å². The Morgan fingerprint density at radius 2 is 1.87 bits per heavy atom. The van der Waals surface area contributed by atoms with Crippen LogP contribution in [0.25, 0.3) is 0 Å². The Kier molecular flexibility index (Phi) is 11.4. The number of methoxy groups -OCH3 is 1. The molecule has 5 atom stereocenters. The fraction of sp³-hybridized carbons (Fsp3) is 0.571. The van der Waals surface area contributed by atoms with Crippen molar-refractivity contribution in [3.05, 3.63) is 58.8 Å². The van der Waals surface area contributed by atoms with E-state index >= 15 is 0 Å². The van der Waals surface area contributed by atoms with Crippen molar-refractivity contribution in [1.82, 2.24) is 9.88 Å². The molecule has 1 amide bonds. The second-order valence-corrected chi connectivity index (χ2v) is 12.5. The van der Waals surface area contributed by atoms with Gasteiger partial charge in [-0.3, -0.25) is 4.79 Å². The Hall–Kier alpha value is -3.62. The number of carbonyl (C=O) groups is 2. The summed E-state index contributed by atoms with van der Waals surface area (Å²) in [7, 11) is 1.30. The van der Waals surface area contributed by atoms with Crippen molar-refractivity contribution in [3.8, 4) is 17.7 Å². The molecule has 0 aliphatic carbocycles. The van der Waals surface area contributed by atoms with Crippen LogP contribution in [0.1, 0.15) is 82.2 Å². The third kappa shape index (κ3) is 7.67. The Morgan fingerprint density at radius 3 is 2.48 bits per heavy atom. The summed E-state index contributed by atoms with van der Waals surface area (Å²) in [6.45, 7) is 10.1. The molecule has 4 rings (SSSR count). The Labute approximate surface area is 268 Å². The second-order valence-electron chi connectivity index (χ2n) is 12.5. The number of pyridine rings is 1. The molecule has 2 fully saturated rings. The van der Waals surface area contributed by atoms with Crippen LogP contribution in [0.5, 0.6) is 5.88 Å². The number of halogens is 3. The highest BCUT2D eigenvalue weighted by atomic mass is 19.4. The first-order valence-corrected chi connectivity index (χ1v) is 15.7. The van der Waals surface area contributed by atoms with Crippen molar-refractivity contribution < 1.29 is 41.7 Å². The zero-order valence-corrected chi connectivity index (χ0v) is 27.3. The molecule has 46 heavy (non-hydrogen) atoms. The van der Waals surface area contributed by atoms with Crippen LogP contribution in [0, 0.1) is 23.2 Å². The number of aromatic nitrogens is 1. The van der Waals surface area contributed by atoms with E-state index in [9.17, 15) is 22.8 Å². The molecule has 0 spiro atoms. The molecule has 0 bridgehead atoms. The van der Waals surface area contributed by atoms with Gasteiger partial charge in [0.25, 0.3) is 5.91 Å². The van der Waals surface area contributed by atoms with Crippen LogP contribution in [0.2, 0.25) is 0 Å². The van der Waals surface area contributed by atoms with Gasteiger partial charge in [-0.1, -0.05) is 63.8 Å². The van der Waals surface area contributed by atoms with Gasteiger partial charge in [0.2, 0.25) is 5.88 Å². The van der Waals surface area contributed by atoms with Crippen molar-refractivity contribution in [3.63, 3.8) is 0 Å². The lowest BCUT2D eigenvalue weighted by atomic mass is 9.73. The van der Waals surface area contributed by atoms with Crippen molar-refractivity contribution in [2.24, 2.45) is 11.3 Å². The first-order chi connectivity index (χ1) is 21.8. The molecule has 3 heterocycles. The maximum absolute atomic E-state index is 14.4. The smallest absolute Gasteiger partial charge is 0.417 e. The van der Waals surface area contributed by atoms with E-state index in [2.05, 4.69) is 16.8 Å². The molecule has 2 saturated heterocycles. The number of ether oxygens (including phenoxy) is 4. The summed E-state index contributed by atoms with van der Waals surface area (Å²) in [5.74, 6) is 4.15. The number of esters is 1. The van der Waals surface area contributed by atoms with E-state index in [1.807, 2.05) is 52.0 Å². The highest BCUT2D eigenvalue weighted by Gasteiger charge is 2.60. The monoisotopic (exact) mass is 644 g/mol. The number of nitrogens with zero attached hydrogens (tertiary/aromatic N) is 2. The Morgan fingerprint density at radius 1 is 1.13 bits per heavy atom. The average Bonchev–Trinajstić information content (AvgIpc) is 3.38. The quantitative estimate of drug-likeness (QED) is 0.252. The van der Waals surface area contributed by atoms with Crippen LogP contribution in [-0.4, -0.2) is 66.9 Å². The number of benzene rings is 1. The third-order valence-electron chi connectivity index (χ3n) is 8.54. The van der Waals surface area contributed by atoms with Crippen LogP contribution in [-0.2, 0) is 36.4 Å². The molecule has 1 aromatic carbocycles. The van der Waals surface area contributed by atoms with E-state index in [0.29, 0.717) is 25.6 Å². The Balaban J connectivity index is 1.82. The zero-order valence-electron chi connectivity index (χ0n) is 27.3. The SMILES string of the molecule is CCOC(=O)[C@@H]1[C@@H](C(C)(C)C)[C@H](OCC#Cc2cc(C(F)(F)F)cnc2OC)[C@H](c2ccccc2CC)N1C(=O)[C@@H]1CCCCO1. The lowest BCUT2D eigenvalue weighted by molar-refractivity contribution is -0.162. The van der Waals surface area contributed by atoms with E-state index in [4.69, 9.17) is 18.9 Å². The molecule has 0 saturated carbocycles. The topological polar surface area (TPSA) is 87.2 Å². The number of carbonyl (C=O) groups excluding carboxylic acids is 2. The minimum atomic E-state index is -4.60. The molecule has 0 unspecified atom stereocenters. The largest absolute Gasteiger partial charge is 0.480 e. The fourth-order valence-corrected chi connectivity index (χ4v) is 6.51. The van der Waals surface area contributed by atoms with Crippen LogP contribution in [0.4, 0.5) is 13.2 Å². The standard InChI is InChI=1S/C35H43F3N2O6/c1-7-22-14-9-10-16-25(22)28-30(46-19-13-15-23-20-24(35(36,37)38)21-39-31(23)43-6)27(34(3,4)5)29(33(42)44-8-2)40(28)32(41)26-17-11-12-18-45-26/h9-10,14,16,20-21,26-30H,7-8,11-12,17-19H2,1-6H3/t26-,27+,28-,29-,30-/m0/s1. The number of amides is 1. The number of alkyl halides is 3. The molecule has 2 aliphatic rings. The summed E-state index contributed by atoms with van der Waals surface area (Å²) in [6.07, 6.45) is -2.43. The summed E-state index contributed by atoms with van der Waals surface area (Å²) in [5.41, 5.74) is 0.298. The third-order valence-corrected chi connectivity index (χ3v) is 8.54. The van der Waals surface area contributed by atoms with Gasteiger partial charge in [0.05, 0.1) is 37.0 Å². The molecule has 2 aromatic rings. The van der Waals surface area contributed by atoms with E-state index in [-0.39, 0.29) is 30.6 Å². The van der Waals surface area contributed by atoms with Crippen molar-refractivity contribution >= 4 is 11.9 Å². The van der Waals surface area contributed by atoms with Crippen molar-refractivity contribution in [2.45, 2.75) is 90.8 Å². The van der Waals surface area contributed by atoms with Gasteiger partial charge in [-0.15, -0.1) is 0 Å². The van der Waals surface area contributed by atoms with Gasteiger partial charge in [0.1, 0.15) is 18.8 Å². The molecule has 0 radical (unpaired) electrons. The van der Waals surface area contributed by atoms with Crippen LogP contribution in [0.15, 0.2) is 36.5 Å². The van der Waals surface area contributed by atoms with E-state index in [1.54, 1.807) is 11.8 Å². The fourth-order valence-electron chi connectivity index (χ4n) is 6.51. The summed E-state index contributed by atoms with van der Waals surface area (Å²) < 4.78 is 63.3. The lowest BCUT2D eigenvalue weighted by Crippen LogP contribution is -2.51. The van der Waals surface area contributed by atoms with Gasteiger partial charge < -0.3 is 23.8 Å². The first-order valence-electron chi connectivity index (χ1n) is 15.7. The highest BCUT2D eigenvalue weighted by molar-refractivity contribution is 5.89. The number of aryl methyl sites for hydroxylation is 1. The van der Waals surface area contributed by atoms with E-state index < -0.39 is 53.3 Å². The number of hydrogen-bond donors (Lipinski definition) is 0. The first kappa shape index (κ1) is 35.2. The molecule has 11 heteroatoms. The number of rotatable bonds is 8. The number of likely N-dealkylation sites (tertiary alicyclic amines) is 1. The predicted molar refractivity (Wildman–Crippen MR) is 165 cm³/mol. The minimum Gasteiger partial charge on any atom is -0.480 e. The molecular formula is C35H43F3N2O6. The summed E-state index contributed by atoms with van der Waals surface area (Å²) in [4.78, 5) is 33.6. The second kappa shape index (κ2) is 14.9. The number of hydrogen-bond acceptors (Lipinski definition) is 7. The molecule has 8 nitrogen and oxygen atoms in total. The van der Waals surface area contributed by atoms with Crippen LogP contribution < -0.4 is 4.74 Å². The molecular weight excluding hydrogens is 601 g/mol. The normalized spacial score (nSPS) is 23.4. The Bertz CT molecular complexity index is 1440. The lowest BCUT2D eigenvalue weighted by Gasteiger charge is -2.36. The average molecular weight is 645 g/mol. The van der Waals surface area contributed by atoms with Crippen LogP contribution >= 0.6 is 0 Å². The highest BCUT2D eigenvalue weighted by Crippen LogP contribution is 2.51. The molecule has 0 N–H and O–H groups in total. The minimum absolute atomic E-state index is 0.0387.